The third-order valence-electron chi connectivity index (χ3n) is 4.21. The molecule has 4 nitrogen and oxygen atoms in total. The lowest BCUT2D eigenvalue weighted by Crippen LogP contribution is -2.21. The van der Waals surface area contributed by atoms with E-state index in [1.807, 2.05) is 18.5 Å². The van der Waals surface area contributed by atoms with Crippen molar-refractivity contribution in [3.05, 3.63) is 41.1 Å². The molecule has 1 aliphatic rings. The van der Waals surface area contributed by atoms with Crippen LogP contribution in [0, 0.1) is 6.92 Å². The number of esters is 1. The van der Waals surface area contributed by atoms with Gasteiger partial charge >= 0.3 is 5.97 Å². The molecule has 0 unspecified atom stereocenters. The Hall–Kier alpha value is -2.07. The van der Waals surface area contributed by atoms with Crippen LogP contribution >= 0.6 is 0 Å². The van der Waals surface area contributed by atoms with Crippen LogP contribution in [0.4, 0.5) is 0 Å². The van der Waals surface area contributed by atoms with Crippen molar-refractivity contribution in [2.75, 3.05) is 19.7 Å². The molecule has 2 aromatic rings. The third kappa shape index (κ3) is 2.44. The average molecular weight is 298 g/mol. The largest absolute Gasteiger partial charge is 0.461 e. The van der Waals surface area contributed by atoms with Crippen molar-refractivity contribution in [3.8, 4) is 0 Å². The Kier molecular flexibility index (Phi) is 4.03. The van der Waals surface area contributed by atoms with Crippen LogP contribution in [0.15, 0.2) is 24.3 Å². The molecule has 1 aromatic carbocycles. The van der Waals surface area contributed by atoms with Crippen LogP contribution in [0.3, 0.4) is 0 Å². The molecular formula is C18H22N2O2. The van der Waals surface area contributed by atoms with E-state index in [9.17, 15) is 4.79 Å². The van der Waals surface area contributed by atoms with E-state index in [4.69, 9.17) is 4.74 Å². The Balaban J connectivity index is 2.29. The first-order chi connectivity index (χ1) is 10.6. The van der Waals surface area contributed by atoms with E-state index in [0.29, 0.717) is 12.3 Å². The molecule has 0 saturated heterocycles. The minimum absolute atomic E-state index is 0.242. The summed E-state index contributed by atoms with van der Waals surface area (Å²) >= 11 is 0. The lowest BCUT2D eigenvalue weighted by molar-refractivity contribution is 0.0515. The van der Waals surface area contributed by atoms with Crippen LogP contribution in [-0.2, 0) is 11.8 Å². The fourth-order valence-corrected chi connectivity index (χ4v) is 3.17. The van der Waals surface area contributed by atoms with E-state index in [1.54, 1.807) is 0 Å². The van der Waals surface area contributed by atoms with Crippen molar-refractivity contribution in [2.45, 2.75) is 20.3 Å². The predicted molar refractivity (Wildman–Crippen MR) is 89.1 cm³/mol. The maximum Gasteiger partial charge on any atom is 0.355 e. The second kappa shape index (κ2) is 5.97. The summed E-state index contributed by atoms with van der Waals surface area (Å²) in [5.74, 6) is -0.242. The number of rotatable bonds is 3. The van der Waals surface area contributed by atoms with Gasteiger partial charge in [-0.2, -0.15) is 0 Å². The van der Waals surface area contributed by atoms with Crippen LogP contribution in [0.5, 0.6) is 0 Å². The summed E-state index contributed by atoms with van der Waals surface area (Å²) in [5.41, 5.74) is 5.21. The summed E-state index contributed by atoms with van der Waals surface area (Å²) in [7, 11) is 1.94. The van der Waals surface area contributed by atoms with Crippen molar-refractivity contribution in [2.24, 2.45) is 7.05 Å². The number of aromatic nitrogens is 1. The molecule has 4 heteroatoms. The zero-order chi connectivity index (χ0) is 15.7. The van der Waals surface area contributed by atoms with E-state index in [0.717, 1.165) is 36.0 Å². The van der Waals surface area contributed by atoms with Gasteiger partial charge in [0.1, 0.15) is 5.69 Å². The fraction of sp³-hybridized carbons (Fsp3) is 0.389. The van der Waals surface area contributed by atoms with Gasteiger partial charge in [0.25, 0.3) is 0 Å². The molecule has 0 fully saturated rings. The van der Waals surface area contributed by atoms with Gasteiger partial charge in [0, 0.05) is 30.1 Å². The first-order valence-corrected chi connectivity index (χ1v) is 7.79. The molecule has 0 spiro atoms. The number of carbonyl (C=O) groups is 1. The van der Waals surface area contributed by atoms with E-state index in [-0.39, 0.29) is 5.97 Å². The standard InChI is InChI=1S/C18H22N2O2/c1-4-22-18(21)17-16(13-7-9-19-10-8-13)14-11-12(2)5-6-15(14)20(17)3/h5-7,11,19H,4,8-10H2,1-3H3. The molecular weight excluding hydrogens is 276 g/mol. The second-order valence-electron chi connectivity index (χ2n) is 5.71. The topological polar surface area (TPSA) is 43.3 Å². The van der Waals surface area contributed by atoms with Crippen LogP contribution in [-0.4, -0.2) is 30.2 Å². The van der Waals surface area contributed by atoms with Crippen molar-refractivity contribution < 1.29 is 9.53 Å². The SMILES string of the molecule is CCOC(=O)c1c(C2=CCNCC2)c2cc(C)ccc2n1C. The highest BCUT2D eigenvalue weighted by molar-refractivity contribution is 6.05. The van der Waals surface area contributed by atoms with Crippen molar-refractivity contribution >= 4 is 22.4 Å². The van der Waals surface area contributed by atoms with Gasteiger partial charge < -0.3 is 14.6 Å². The zero-order valence-corrected chi connectivity index (χ0v) is 13.4. The zero-order valence-electron chi connectivity index (χ0n) is 13.4. The molecule has 22 heavy (non-hydrogen) atoms. The summed E-state index contributed by atoms with van der Waals surface area (Å²) in [6, 6.07) is 6.33. The first kappa shape index (κ1) is 14.9. The van der Waals surface area contributed by atoms with E-state index in [1.165, 1.54) is 11.1 Å². The molecule has 1 aliphatic heterocycles. The lowest BCUT2D eigenvalue weighted by atomic mass is 9.96. The maximum absolute atomic E-state index is 12.5. The quantitative estimate of drug-likeness (QED) is 0.886. The van der Waals surface area contributed by atoms with Crippen molar-refractivity contribution in [3.63, 3.8) is 0 Å². The van der Waals surface area contributed by atoms with Crippen LogP contribution in [0.25, 0.3) is 16.5 Å². The Labute approximate surface area is 130 Å². The number of hydrogen-bond donors (Lipinski definition) is 1. The Morgan fingerprint density at radius 3 is 2.91 bits per heavy atom. The molecule has 0 aliphatic carbocycles. The third-order valence-corrected chi connectivity index (χ3v) is 4.21. The number of carbonyl (C=O) groups excluding carboxylic acids is 1. The molecule has 1 aromatic heterocycles. The highest BCUT2D eigenvalue weighted by Gasteiger charge is 2.25. The molecule has 0 radical (unpaired) electrons. The van der Waals surface area contributed by atoms with Crippen LogP contribution < -0.4 is 5.32 Å². The normalized spacial score (nSPS) is 15.0. The number of hydrogen-bond acceptors (Lipinski definition) is 3. The molecule has 2 heterocycles. The minimum atomic E-state index is -0.242. The smallest absolute Gasteiger partial charge is 0.355 e. The number of benzene rings is 1. The number of ether oxygens (including phenoxy) is 1. The molecule has 3 rings (SSSR count). The number of fused-ring (bicyclic) bond motifs is 1. The lowest BCUT2D eigenvalue weighted by Gasteiger charge is -2.15. The Morgan fingerprint density at radius 2 is 2.23 bits per heavy atom. The maximum atomic E-state index is 12.5. The number of aryl methyl sites for hydroxylation is 2. The summed E-state index contributed by atoms with van der Waals surface area (Å²) in [4.78, 5) is 12.5. The van der Waals surface area contributed by atoms with Gasteiger partial charge in [-0.25, -0.2) is 4.79 Å². The summed E-state index contributed by atoms with van der Waals surface area (Å²) < 4.78 is 7.26. The summed E-state index contributed by atoms with van der Waals surface area (Å²) in [6.07, 6.45) is 3.11. The van der Waals surface area contributed by atoms with E-state index in [2.05, 4.69) is 36.5 Å². The minimum Gasteiger partial charge on any atom is -0.461 e. The average Bonchev–Trinajstić information content (AvgIpc) is 2.81. The van der Waals surface area contributed by atoms with Crippen LogP contribution in [0.2, 0.25) is 0 Å². The van der Waals surface area contributed by atoms with Crippen molar-refractivity contribution in [1.29, 1.82) is 0 Å². The van der Waals surface area contributed by atoms with E-state index >= 15 is 0 Å². The second-order valence-corrected chi connectivity index (χ2v) is 5.71. The molecule has 0 atom stereocenters. The fourth-order valence-electron chi connectivity index (χ4n) is 3.17. The van der Waals surface area contributed by atoms with Gasteiger partial charge in [-0.3, -0.25) is 0 Å². The molecule has 0 saturated carbocycles. The van der Waals surface area contributed by atoms with Gasteiger partial charge in [0.2, 0.25) is 0 Å². The van der Waals surface area contributed by atoms with Gasteiger partial charge in [0.15, 0.2) is 0 Å². The highest BCUT2D eigenvalue weighted by Crippen LogP contribution is 2.34. The van der Waals surface area contributed by atoms with Gasteiger partial charge in [-0.15, -0.1) is 0 Å². The Morgan fingerprint density at radius 1 is 1.41 bits per heavy atom. The number of nitrogens with one attached hydrogen (secondary N) is 1. The van der Waals surface area contributed by atoms with Gasteiger partial charge in [-0.05, 0) is 44.5 Å². The molecule has 0 amide bonds. The summed E-state index contributed by atoms with van der Waals surface area (Å²) in [5, 5.41) is 4.46. The van der Waals surface area contributed by atoms with Gasteiger partial charge in [0.05, 0.1) is 6.61 Å². The van der Waals surface area contributed by atoms with Crippen molar-refractivity contribution in [1.82, 2.24) is 9.88 Å². The number of nitrogens with zero attached hydrogens (tertiary/aromatic N) is 1. The molecule has 1 N–H and O–H groups in total. The Bertz CT molecular complexity index is 756. The van der Waals surface area contributed by atoms with Gasteiger partial charge in [-0.1, -0.05) is 17.7 Å². The predicted octanol–water partition coefficient (Wildman–Crippen LogP) is 3.04. The summed E-state index contributed by atoms with van der Waals surface area (Å²) in [6.45, 7) is 6.10. The molecule has 116 valence electrons. The van der Waals surface area contributed by atoms with E-state index < -0.39 is 0 Å². The molecule has 0 bridgehead atoms. The van der Waals surface area contributed by atoms with Crippen LogP contribution in [0.1, 0.15) is 35.0 Å². The monoisotopic (exact) mass is 298 g/mol. The first-order valence-electron chi connectivity index (χ1n) is 7.79. The highest BCUT2D eigenvalue weighted by atomic mass is 16.5.